The molecule has 140 valence electrons. The van der Waals surface area contributed by atoms with E-state index in [9.17, 15) is 9.59 Å². The van der Waals surface area contributed by atoms with Crippen LogP contribution in [0.3, 0.4) is 0 Å². The minimum Gasteiger partial charge on any atom is -0.496 e. The fourth-order valence-corrected chi connectivity index (χ4v) is 3.20. The van der Waals surface area contributed by atoms with Gasteiger partial charge in [-0.05, 0) is 43.7 Å². The van der Waals surface area contributed by atoms with Gasteiger partial charge in [0.1, 0.15) is 22.8 Å². The van der Waals surface area contributed by atoms with E-state index in [0.29, 0.717) is 11.5 Å². The van der Waals surface area contributed by atoms with Gasteiger partial charge in [-0.2, -0.15) is 0 Å². The second kappa shape index (κ2) is 7.53. The van der Waals surface area contributed by atoms with Gasteiger partial charge in [0.25, 0.3) is 11.8 Å². The number of ether oxygens (including phenoxy) is 2. The molecule has 3 rings (SSSR count). The van der Waals surface area contributed by atoms with E-state index in [1.54, 1.807) is 23.1 Å². The molecule has 1 N–H and O–H groups in total. The number of nitrogens with one attached hydrogen (secondary N) is 1. The topological polar surface area (TPSA) is 67.9 Å². The molecule has 1 heterocycles. The van der Waals surface area contributed by atoms with Gasteiger partial charge in [0, 0.05) is 5.69 Å². The zero-order valence-electron chi connectivity index (χ0n) is 15.8. The summed E-state index contributed by atoms with van der Waals surface area (Å²) in [6, 6.07) is 14.3. The molecular formula is C21H22N2O4. The molecule has 27 heavy (non-hydrogen) atoms. The SMILES string of the molecule is COc1cccc(OC)c1C(=O)NC1=C(C)C(C)N(c2ccccc2)C1=O. The highest BCUT2D eigenvalue weighted by molar-refractivity contribution is 6.13. The smallest absolute Gasteiger partial charge is 0.275 e. The first-order valence-corrected chi connectivity index (χ1v) is 8.61. The van der Waals surface area contributed by atoms with E-state index in [-0.39, 0.29) is 23.2 Å². The average molecular weight is 366 g/mol. The number of hydrogen-bond acceptors (Lipinski definition) is 4. The Bertz CT molecular complexity index is 883. The Morgan fingerprint density at radius 3 is 2.15 bits per heavy atom. The summed E-state index contributed by atoms with van der Waals surface area (Å²) in [4.78, 5) is 27.6. The first-order chi connectivity index (χ1) is 13.0. The number of benzene rings is 2. The second-order valence-electron chi connectivity index (χ2n) is 6.24. The predicted octanol–water partition coefficient (Wildman–Crippen LogP) is 3.14. The van der Waals surface area contributed by atoms with Crippen LogP contribution in [0.15, 0.2) is 59.8 Å². The van der Waals surface area contributed by atoms with Crippen LogP contribution in [0.25, 0.3) is 0 Å². The minimum absolute atomic E-state index is 0.158. The van der Waals surface area contributed by atoms with Crippen molar-refractivity contribution in [3.8, 4) is 11.5 Å². The minimum atomic E-state index is -0.450. The lowest BCUT2D eigenvalue weighted by Gasteiger charge is -2.23. The van der Waals surface area contributed by atoms with Crippen molar-refractivity contribution in [3.63, 3.8) is 0 Å². The van der Waals surface area contributed by atoms with Crippen LogP contribution in [0.1, 0.15) is 24.2 Å². The Balaban J connectivity index is 1.92. The van der Waals surface area contributed by atoms with Gasteiger partial charge in [-0.25, -0.2) is 0 Å². The molecule has 6 nitrogen and oxygen atoms in total. The lowest BCUT2D eigenvalue weighted by molar-refractivity contribution is -0.115. The lowest BCUT2D eigenvalue weighted by atomic mass is 10.1. The third kappa shape index (κ3) is 3.26. The molecular weight excluding hydrogens is 344 g/mol. The summed E-state index contributed by atoms with van der Waals surface area (Å²) in [5, 5.41) is 2.76. The van der Waals surface area contributed by atoms with Gasteiger partial charge < -0.3 is 19.7 Å². The summed E-state index contributed by atoms with van der Waals surface area (Å²) in [7, 11) is 2.96. The highest BCUT2D eigenvalue weighted by atomic mass is 16.5. The molecule has 2 amide bonds. The summed E-state index contributed by atoms with van der Waals surface area (Å²) >= 11 is 0. The van der Waals surface area contributed by atoms with Gasteiger partial charge in [0.2, 0.25) is 0 Å². The van der Waals surface area contributed by atoms with Crippen LogP contribution in [0.5, 0.6) is 11.5 Å². The number of rotatable bonds is 5. The molecule has 0 fully saturated rings. The van der Waals surface area contributed by atoms with Gasteiger partial charge in [0.05, 0.1) is 20.3 Å². The summed E-state index contributed by atoms with van der Waals surface area (Å²) in [6.45, 7) is 3.78. The maximum Gasteiger partial charge on any atom is 0.275 e. The average Bonchev–Trinajstić information content (AvgIpc) is 2.91. The number of carbonyl (C=O) groups is 2. The van der Waals surface area contributed by atoms with Crippen LogP contribution in [-0.2, 0) is 4.79 Å². The summed E-state index contributed by atoms with van der Waals surface area (Å²) in [5.74, 6) is 0.0644. The Kier molecular flexibility index (Phi) is 5.16. The number of para-hydroxylation sites is 1. The molecule has 6 heteroatoms. The van der Waals surface area contributed by atoms with Crippen molar-refractivity contribution in [2.45, 2.75) is 19.9 Å². The summed E-state index contributed by atoms with van der Waals surface area (Å²) in [6.07, 6.45) is 0. The number of carbonyl (C=O) groups excluding carboxylic acids is 2. The van der Waals surface area contributed by atoms with E-state index in [1.807, 2.05) is 44.2 Å². The quantitative estimate of drug-likeness (QED) is 0.883. The maximum absolute atomic E-state index is 13.0. The Morgan fingerprint density at radius 1 is 1.00 bits per heavy atom. The highest BCUT2D eigenvalue weighted by Crippen LogP contribution is 2.32. The molecule has 1 aliphatic rings. The van der Waals surface area contributed by atoms with Crippen LogP contribution in [0.2, 0.25) is 0 Å². The Hall–Kier alpha value is -3.28. The van der Waals surface area contributed by atoms with Crippen molar-refractivity contribution in [2.75, 3.05) is 19.1 Å². The molecule has 0 aliphatic carbocycles. The zero-order valence-corrected chi connectivity index (χ0v) is 15.8. The largest absolute Gasteiger partial charge is 0.496 e. The van der Waals surface area contributed by atoms with Crippen molar-refractivity contribution < 1.29 is 19.1 Å². The number of anilines is 1. The molecule has 0 saturated carbocycles. The summed E-state index contributed by atoms with van der Waals surface area (Å²) in [5.41, 5.74) is 2.12. The number of hydrogen-bond donors (Lipinski definition) is 1. The van der Waals surface area contributed by atoms with Crippen molar-refractivity contribution in [1.29, 1.82) is 0 Å². The van der Waals surface area contributed by atoms with E-state index in [1.165, 1.54) is 14.2 Å². The Labute approximate surface area is 158 Å². The first kappa shape index (κ1) is 18.5. The molecule has 2 aromatic carbocycles. The normalized spacial score (nSPS) is 16.5. The van der Waals surface area contributed by atoms with Gasteiger partial charge in [-0.3, -0.25) is 9.59 Å². The predicted molar refractivity (Wildman–Crippen MR) is 103 cm³/mol. The van der Waals surface area contributed by atoms with Crippen molar-refractivity contribution in [1.82, 2.24) is 5.32 Å². The van der Waals surface area contributed by atoms with Crippen LogP contribution in [0, 0.1) is 0 Å². The summed E-state index contributed by atoms with van der Waals surface area (Å²) < 4.78 is 10.6. The zero-order chi connectivity index (χ0) is 19.6. The van der Waals surface area contributed by atoms with Crippen molar-refractivity contribution >= 4 is 17.5 Å². The van der Waals surface area contributed by atoms with Crippen molar-refractivity contribution in [3.05, 3.63) is 65.4 Å². The third-order valence-electron chi connectivity index (χ3n) is 4.77. The fraction of sp³-hybridized carbons (Fsp3) is 0.238. The van der Waals surface area contributed by atoms with E-state index in [2.05, 4.69) is 5.32 Å². The van der Waals surface area contributed by atoms with Gasteiger partial charge in [0.15, 0.2) is 0 Å². The molecule has 0 radical (unpaired) electrons. The van der Waals surface area contributed by atoms with Gasteiger partial charge in [-0.1, -0.05) is 24.3 Å². The van der Waals surface area contributed by atoms with Crippen LogP contribution < -0.4 is 19.7 Å². The third-order valence-corrected chi connectivity index (χ3v) is 4.77. The first-order valence-electron chi connectivity index (χ1n) is 8.61. The van der Waals surface area contributed by atoms with E-state index in [0.717, 1.165) is 11.3 Å². The molecule has 0 bridgehead atoms. The lowest BCUT2D eigenvalue weighted by Crippen LogP contribution is -2.36. The maximum atomic E-state index is 13.0. The molecule has 0 saturated heterocycles. The fourth-order valence-electron chi connectivity index (χ4n) is 3.20. The number of methoxy groups -OCH3 is 2. The molecule has 2 aromatic rings. The van der Waals surface area contributed by atoms with E-state index >= 15 is 0 Å². The standard InChI is InChI=1S/C21H22N2O4/c1-13-14(2)23(15-9-6-5-7-10-15)21(25)19(13)22-20(24)18-16(26-3)11-8-12-17(18)27-4/h5-12,14H,1-4H3,(H,22,24). The molecule has 1 unspecified atom stereocenters. The second-order valence-corrected chi connectivity index (χ2v) is 6.24. The van der Waals surface area contributed by atoms with Crippen molar-refractivity contribution in [2.24, 2.45) is 0 Å². The molecule has 1 aliphatic heterocycles. The van der Waals surface area contributed by atoms with Gasteiger partial charge >= 0.3 is 0 Å². The molecule has 0 spiro atoms. The number of nitrogens with zero attached hydrogens (tertiary/aromatic N) is 1. The number of amides is 2. The van der Waals surface area contributed by atoms with Crippen LogP contribution in [0.4, 0.5) is 5.69 Å². The molecule has 0 aromatic heterocycles. The highest BCUT2D eigenvalue weighted by Gasteiger charge is 2.36. The van der Waals surface area contributed by atoms with E-state index < -0.39 is 5.91 Å². The monoisotopic (exact) mass is 366 g/mol. The van der Waals surface area contributed by atoms with E-state index in [4.69, 9.17) is 9.47 Å². The van der Waals surface area contributed by atoms with Crippen LogP contribution in [-0.4, -0.2) is 32.1 Å². The van der Waals surface area contributed by atoms with Crippen LogP contribution >= 0.6 is 0 Å². The molecule has 1 atom stereocenters. The van der Waals surface area contributed by atoms with Gasteiger partial charge in [-0.15, -0.1) is 0 Å². The Morgan fingerprint density at radius 2 is 1.59 bits per heavy atom.